The largest absolute Gasteiger partial charge is 0.465 e. The van der Waals surface area contributed by atoms with Crippen LogP contribution in [-0.2, 0) is 16.0 Å². The fourth-order valence-electron chi connectivity index (χ4n) is 3.21. The molecule has 3 atom stereocenters. The molecule has 5 nitrogen and oxygen atoms in total. The predicted octanol–water partition coefficient (Wildman–Crippen LogP) is 3.42. The topological polar surface area (TPSA) is 66.8 Å². The monoisotopic (exact) mass is 403 g/mol. The molecule has 2 heterocycles. The molecule has 1 aromatic rings. The molecule has 1 amide bonds. The van der Waals surface area contributed by atoms with Gasteiger partial charge in [0.05, 0.1) is 19.3 Å². The zero-order valence-electron chi connectivity index (χ0n) is 16.8. The van der Waals surface area contributed by atoms with Crippen LogP contribution in [0.15, 0.2) is 24.3 Å². The molecule has 1 aromatic heterocycles. The summed E-state index contributed by atoms with van der Waals surface area (Å²) in [4.78, 5) is 27.4. The zero-order valence-corrected chi connectivity index (χ0v) is 17.6. The number of carbonyl (C=O) groups excluding carboxylic acids is 2. The highest BCUT2D eigenvalue weighted by Gasteiger charge is 2.28. The Morgan fingerprint density at radius 2 is 2.29 bits per heavy atom. The second-order valence-electron chi connectivity index (χ2n) is 7.04. The first kappa shape index (κ1) is 22.2. The zero-order chi connectivity index (χ0) is 20.5. The molecular weight excluding hydrogens is 374 g/mol. The van der Waals surface area contributed by atoms with Crippen molar-refractivity contribution in [2.75, 3.05) is 13.7 Å². The van der Waals surface area contributed by atoms with Gasteiger partial charge in [-0.25, -0.2) is 4.79 Å². The number of aryl methyl sites for hydroxylation is 1. The van der Waals surface area contributed by atoms with E-state index in [1.807, 2.05) is 24.0 Å². The Bertz CT molecular complexity index is 758. The molecular formula is C22H29NO4S. The molecule has 1 fully saturated rings. The summed E-state index contributed by atoms with van der Waals surface area (Å²) >= 11 is 1.44. The summed E-state index contributed by atoms with van der Waals surface area (Å²) in [5, 5.41) is 10.3. The summed E-state index contributed by atoms with van der Waals surface area (Å²) < 4.78 is 4.73. The van der Waals surface area contributed by atoms with Crippen LogP contribution in [0.25, 0.3) is 0 Å². The summed E-state index contributed by atoms with van der Waals surface area (Å²) in [5.74, 6) is 5.76. The number of aliphatic hydroxyl groups excluding tert-OH is 1. The van der Waals surface area contributed by atoms with Gasteiger partial charge in [0.25, 0.3) is 0 Å². The van der Waals surface area contributed by atoms with Crippen LogP contribution in [0.4, 0.5) is 0 Å². The van der Waals surface area contributed by atoms with Crippen molar-refractivity contribution in [3.8, 4) is 11.8 Å². The molecule has 0 bridgehead atoms. The first-order valence-electron chi connectivity index (χ1n) is 9.68. The normalized spacial score (nSPS) is 18.8. The second-order valence-corrected chi connectivity index (χ2v) is 8.21. The number of likely N-dealkylation sites (tertiary alicyclic amines) is 1. The average molecular weight is 404 g/mol. The van der Waals surface area contributed by atoms with Crippen molar-refractivity contribution in [3.63, 3.8) is 0 Å². The molecule has 1 saturated heterocycles. The first-order valence-corrected chi connectivity index (χ1v) is 10.5. The highest BCUT2D eigenvalue weighted by Crippen LogP contribution is 2.23. The number of esters is 1. The predicted molar refractivity (Wildman–Crippen MR) is 111 cm³/mol. The molecule has 0 spiro atoms. The van der Waals surface area contributed by atoms with E-state index in [2.05, 4.69) is 11.8 Å². The van der Waals surface area contributed by atoms with E-state index >= 15 is 0 Å². The minimum atomic E-state index is -0.554. The van der Waals surface area contributed by atoms with Crippen LogP contribution < -0.4 is 0 Å². The Kier molecular flexibility index (Phi) is 8.75. The lowest BCUT2D eigenvalue weighted by atomic mass is 10.00. The molecule has 2 rings (SSSR count). The highest BCUT2D eigenvalue weighted by molar-refractivity contribution is 7.13. The fraction of sp³-hybridized carbons (Fsp3) is 0.545. The molecule has 1 unspecified atom stereocenters. The number of amides is 1. The maximum atomic E-state index is 12.2. The van der Waals surface area contributed by atoms with Crippen LogP contribution in [0.1, 0.15) is 54.1 Å². The third kappa shape index (κ3) is 6.22. The number of aliphatic hydroxyl groups is 1. The van der Waals surface area contributed by atoms with Gasteiger partial charge < -0.3 is 14.7 Å². The van der Waals surface area contributed by atoms with Crippen molar-refractivity contribution < 1.29 is 19.4 Å². The van der Waals surface area contributed by atoms with Gasteiger partial charge in [-0.3, -0.25) is 4.79 Å². The van der Waals surface area contributed by atoms with Gasteiger partial charge in [0.1, 0.15) is 4.88 Å². The van der Waals surface area contributed by atoms with Crippen LogP contribution in [0, 0.1) is 17.8 Å². The van der Waals surface area contributed by atoms with Crippen molar-refractivity contribution in [2.24, 2.45) is 5.92 Å². The van der Waals surface area contributed by atoms with Gasteiger partial charge in [-0.05, 0) is 44.2 Å². The van der Waals surface area contributed by atoms with Crippen LogP contribution in [0.3, 0.4) is 0 Å². The summed E-state index contributed by atoms with van der Waals surface area (Å²) in [6.07, 6.45) is 6.86. The second kappa shape index (κ2) is 11.0. The Morgan fingerprint density at radius 3 is 3.00 bits per heavy atom. The van der Waals surface area contributed by atoms with E-state index in [0.29, 0.717) is 24.3 Å². The van der Waals surface area contributed by atoms with Gasteiger partial charge in [-0.1, -0.05) is 19.1 Å². The van der Waals surface area contributed by atoms with Gasteiger partial charge in [-0.2, -0.15) is 0 Å². The highest BCUT2D eigenvalue weighted by atomic mass is 32.1. The number of thiophene rings is 1. The van der Waals surface area contributed by atoms with E-state index < -0.39 is 6.10 Å². The van der Waals surface area contributed by atoms with Gasteiger partial charge >= 0.3 is 5.97 Å². The first-order chi connectivity index (χ1) is 13.5. The van der Waals surface area contributed by atoms with Crippen LogP contribution >= 0.6 is 11.3 Å². The molecule has 152 valence electrons. The Balaban J connectivity index is 1.86. The molecule has 0 aliphatic carbocycles. The number of methoxy groups -OCH3 is 1. The van der Waals surface area contributed by atoms with Crippen molar-refractivity contribution in [1.82, 2.24) is 4.90 Å². The van der Waals surface area contributed by atoms with Gasteiger partial charge in [0, 0.05) is 24.3 Å². The standard InChI is InChI=1S/C22H29NO4S/c1-4-5-7-16(2)19(24)12-9-17-10-14-21(25)23(17)15-6-8-18-11-13-20(28-18)22(26)27-3/h9,11-13,16-17,19,24H,6-8,10,14-15H2,1-3H3/t16-,17?,19-/m1/s1. The van der Waals surface area contributed by atoms with E-state index in [1.165, 1.54) is 18.4 Å². The Morgan fingerprint density at radius 1 is 1.50 bits per heavy atom. The van der Waals surface area contributed by atoms with Crippen molar-refractivity contribution in [1.29, 1.82) is 0 Å². The quantitative estimate of drug-likeness (QED) is 0.390. The van der Waals surface area contributed by atoms with Crippen molar-refractivity contribution in [2.45, 2.75) is 58.1 Å². The van der Waals surface area contributed by atoms with Gasteiger partial charge in [0.2, 0.25) is 5.91 Å². The smallest absolute Gasteiger partial charge is 0.348 e. The number of hydrogen-bond acceptors (Lipinski definition) is 5. The molecule has 0 aromatic carbocycles. The maximum Gasteiger partial charge on any atom is 0.348 e. The number of ether oxygens (including phenoxy) is 1. The fourth-order valence-corrected chi connectivity index (χ4v) is 4.18. The average Bonchev–Trinajstić information content (AvgIpc) is 3.31. The molecule has 0 radical (unpaired) electrons. The lowest BCUT2D eigenvalue weighted by molar-refractivity contribution is -0.128. The third-order valence-corrected chi connectivity index (χ3v) is 6.08. The third-order valence-electron chi connectivity index (χ3n) is 4.96. The SMILES string of the molecule is CC#CC[C@@H](C)[C@H](O)C=CC1CCC(=O)N1CCCc1ccc(C(=O)OC)s1. The van der Waals surface area contributed by atoms with E-state index in [-0.39, 0.29) is 23.8 Å². The van der Waals surface area contributed by atoms with E-state index in [0.717, 1.165) is 24.1 Å². The minimum absolute atomic E-state index is 0.0422. The lowest BCUT2D eigenvalue weighted by Crippen LogP contribution is -2.33. The molecule has 6 heteroatoms. The molecule has 0 saturated carbocycles. The summed E-state index contributed by atoms with van der Waals surface area (Å²) in [5.41, 5.74) is 0. The summed E-state index contributed by atoms with van der Waals surface area (Å²) in [6, 6.07) is 3.77. The number of hydrogen-bond donors (Lipinski definition) is 1. The lowest BCUT2D eigenvalue weighted by Gasteiger charge is -2.23. The maximum absolute atomic E-state index is 12.2. The minimum Gasteiger partial charge on any atom is -0.465 e. The molecule has 1 aliphatic rings. The van der Waals surface area contributed by atoms with Crippen molar-refractivity contribution >= 4 is 23.2 Å². The number of nitrogens with zero attached hydrogens (tertiary/aromatic N) is 1. The number of carbonyl (C=O) groups is 2. The van der Waals surface area contributed by atoms with Crippen LogP contribution in [-0.4, -0.2) is 47.7 Å². The van der Waals surface area contributed by atoms with E-state index in [9.17, 15) is 14.7 Å². The van der Waals surface area contributed by atoms with Gasteiger partial charge in [-0.15, -0.1) is 23.2 Å². The summed E-state index contributed by atoms with van der Waals surface area (Å²) in [7, 11) is 1.38. The van der Waals surface area contributed by atoms with E-state index in [1.54, 1.807) is 19.1 Å². The molecule has 1 aliphatic heterocycles. The molecule has 1 N–H and O–H groups in total. The Hall–Kier alpha value is -2.10. The van der Waals surface area contributed by atoms with Crippen molar-refractivity contribution in [3.05, 3.63) is 34.0 Å². The van der Waals surface area contributed by atoms with E-state index in [4.69, 9.17) is 4.74 Å². The van der Waals surface area contributed by atoms with Crippen LogP contribution in [0.2, 0.25) is 0 Å². The summed E-state index contributed by atoms with van der Waals surface area (Å²) in [6.45, 7) is 4.44. The molecule has 28 heavy (non-hydrogen) atoms. The van der Waals surface area contributed by atoms with Crippen LogP contribution in [0.5, 0.6) is 0 Å². The number of rotatable bonds is 9. The van der Waals surface area contributed by atoms with Gasteiger partial charge in [0.15, 0.2) is 0 Å². The Labute approximate surface area is 171 Å².